The van der Waals surface area contributed by atoms with Crippen molar-refractivity contribution >= 4 is 27.5 Å². The van der Waals surface area contributed by atoms with Crippen molar-refractivity contribution < 1.29 is 4.74 Å². The SMILES string of the molecule is Cc1ccc(Oc2ncccc2CBr)c(Cl)c1. The van der Waals surface area contributed by atoms with Crippen LogP contribution in [0.25, 0.3) is 0 Å². The van der Waals surface area contributed by atoms with Crippen LogP contribution >= 0.6 is 27.5 Å². The molecule has 0 saturated heterocycles. The number of hydrogen-bond donors (Lipinski definition) is 0. The van der Waals surface area contributed by atoms with Gasteiger partial charge in [0.2, 0.25) is 5.88 Å². The number of benzene rings is 1. The molecule has 2 rings (SSSR count). The second-order valence-electron chi connectivity index (χ2n) is 3.64. The lowest BCUT2D eigenvalue weighted by Gasteiger charge is -2.09. The number of pyridine rings is 1. The van der Waals surface area contributed by atoms with Gasteiger partial charge >= 0.3 is 0 Å². The Kier molecular flexibility index (Phi) is 4.02. The highest BCUT2D eigenvalue weighted by atomic mass is 79.9. The van der Waals surface area contributed by atoms with Gasteiger partial charge in [-0.15, -0.1) is 0 Å². The van der Waals surface area contributed by atoms with Crippen molar-refractivity contribution in [1.29, 1.82) is 0 Å². The summed E-state index contributed by atoms with van der Waals surface area (Å²) in [5.41, 5.74) is 2.09. The van der Waals surface area contributed by atoms with Crippen molar-refractivity contribution in [3.05, 3.63) is 52.7 Å². The Hall–Kier alpha value is -1.06. The standard InChI is InChI=1S/C13H11BrClNO/c1-9-4-5-12(11(15)7-9)17-13-10(8-14)3-2-6-16-13/h2-7H,8H2,1H3. The molecule has 2 nitrogen and oxygen atoms in total. The minimum atomic E-state index is 0.579. The van der Waals surface area contributed by atoms with Gasteiger partial charge in [0.25, 0.3) is 0 Å². The van der Waals surface area contributed by atoms with Crippen LogP contribution in [0.15, 0.2) is 36.5 Å². The fraction of sp³-hybridized carbons (Fsp3) is 0.154. The van der Waals surface area contributed by atoms with Gasteiger partial charge in [-0.05, 0) is 30.7 Å². The van der Waals surface area contributed by atoms with Crippen molar-refractivity contribution in [1.82, 2.24) is 4.98 Å². The Morgan fingerprint density at radius 2 is 2.18 bits per heavy atom. The molecule has 17 heavy (non-hydrogen) atoms. The molecule has 0 aliphatic rings. The van der Waals surface area contributed by atoms with Gasteiger partial charge in [-0.25, -0.2) is 4.98 Å². The number of halogens is 2. The van der Waals surface area contributed by atoms with E-state index in [1.165, 1.54) is 0 Å². The van der Waals surface area contributed by atoms with E-state index in [1.807, 2.05) is 37.3 Å². The lowest BCUT2D eigenvalue weighted by Crippen LogP contribution is -1.93. The highest BCUT2D eigenvalue weighted by Gasteiger charge is 2.07. The van der Waals surface area contributed by atoms with Crippen molar-refractivity contribution in [2.75, 3.05) is 0 Å². The molecule has 88 valence electrons. The normalized spacial score (nSPS) is 10.3. The van der Waals surface area contributed by atoms with E-state index in [2.05, 4.69) is 20.9 Å². The first-order valence-electron chi connectivity index (χ1n) is 5.14. The highest BCUT2D eigenvalue weighted by molar-refractivity contribution is 9.08. The second-order valence-corrected chi connectivity index (χ2v) is 4.61. The number of ether oxygens (including phenoxy) is 1. The summed E-state index contributed by atoms with van der Waals surface area (Å²) in [5.74, 6) is 1.20. The molecule has 0 unspecified atom stereocenters. The molecule has 0 spiro atoms. The molecule has 0 aliphatic heterocycles. The van der Waals surface area contributed by atoms with Gasteiger partial charge in [0.1, 0.15) is 5.75 Å². The Morgan fingerprint density at radius 1 is 1.35 bits per heavy atom. The van der Waals surface area contributed by atoms with Crippen molar-refractivity contribution in [3.63, 3.8) is 0 Å². The van der Waals surface area contributed by atoms with E-state index in [4.69, 9.17) is 16.3 Å². The molecule has 1 aromatic carbocycles. The topological polar surface area (TPSA) is 22.1 Å². The number of aryl methyl sites for hydroxylation is 1. The third-order valence-electron chi connectivity index (χ3n) is 2.29. The van der Waals surface area contributed by atoms with Crippen LogP contribution < -0.4 is 4.74 Å². The Labute approximate surface area is 114 Å². The zero-order valence-electron chi connectivity index (χ0n) is 9.28. The molecule has 2 aromatic rings. The largest absolute Gasteiger partial charge is 0.437 e. The monoisotopic (exact) mass is 311 g/mol. The predicted octanol–water partition coefficient (Wildman–Crippen LogP) is 4.73. The molecular weight excluding hydrogens is 302 g/mol. The maximum Gasteiger partial charge on any atom is 0.223 e. The second kappa shape index (κ2) is 5.52. The lowest BCUT2D eigenvalue weighted by molar-refractivity contribution is 0.459. The summed E-state index contributed by atoms with van der Waals surface area (Å²) < 4.78 is 5.71. The van der Waals surface area contributed by atoms with Gasteiger partial charge in [0.05, 0.1) is 5.02 Å². The molecular formula is C13H11BrClNO. The molecule has 1 heterocycles. The van der Waals surface area contributed by atoms with Gasteiger partial charge < -0.3 is 4.74 Å². The number of rotatable bonds is 3. The van der Waals surface area contributed by atoms with E-state index in [0.717, 1.165) is 11.1 Å². The molecule has 1 aromatic heterocycles. The van der Waals surface area contributed by atoms with E-state index in [-0.39, 0.29) is 0 Å². The average Bonchev–Trinajstić information content (AvgIpc) is 2.33. The molecule has 0 N–H and O–H groups in total. The van der Waals surface area contributed by atoms with Crippen LogP contribution in [0.1, 0.15) is 11.1 Å². The van der Waals surface area contributed by atoms with E-state index in [1.54, 1.807) is 6.20 Å². The molecule has 0 saturated carbocycles. The molecule has 4 heteroatoms. The van der Waals surface area contributed by atoms with Gasteiger partial charge in [-0.3, -0.25) is 0 Å². The van der Waals surface area contributed by atoms with Gasteiger partial charge in [0.15, 0.2) is 0 Å². The molecule has 0 radical (unpaired) electrons. The Balaban J connectivity index is 2.31. The first-order chi connectivity index (χ1) is 8.20. The summed E-state index contributed by atoms with van der Waals surface area (Å²) in [5, 5.41) is 1.29. The minimum absolute atomic E-state index is 0.579. The summed E-state index contributed by atoms with van der Waals surface area (Å²) in [7, 11) is 0. The average molecular weight is 313 g/mol. The first kappa shape index (κ1) is 12.4. The zero-order valence-corrected chi connectivity index (χ0v) is 11.6. The fourth-order valence-corrected chi connectivity index (χ4v) is 2.11. The van der Waals surface area contributed by atoms with Crippen LogP contribution in [0.4, 0.5) is 0 Å². The smallest absolute Gasteiger partial charge is 0.223 e. The lowest BCUT2D eigenvalue weighted by atomic mass is 10.2. The van der Waals surface area contributed by atoms with Crippen LogP contribution in [0, 0.1) is 6.92 Å². The summed E-state index contributed by atoms with van der Waals surface area (Å²) in [6, 6.07) is 9.51. The van der Waals surface area contributed by atoms with Gasteiger partial charge in [0, 0.05) is 17.1 Å². The zero-order chi connectivity index (χ0) is 12.3. The third-order valence-corrected chi connectivity index (χ3v) is 3.19. The third kappa shape index (κ3) is 2.99. The van der Waals surface area contributed by atoms with Gasteiger partial charge in [-0.2, -0.15) is 0 Å². The molecule has 0 bridgehead atoms. The summed E-state index contributed by atoms with van der Waals surface area (Å²) in [4.78, 5) is 4.20. The predicted molar refractivity (Wildman–Crippen MR) is 73.1 cm³/mol. The van der Waals surface area contributed by atoms with E-state index in [9.17, 15) is 0 Å². The fourth-order valence-electron chi connectivity index (χ4n) is 1.41. The van der Waals surface area contributed by atoms with Crippen LogP contribution in [0.2, 0.25) is 5.02 Å². The van der Waals surface area contributed by atoms with E-state index < -0.39 is 0 Å². The molecule has 0 amide bonds. The quantitative estimate of drug-likeness (QED) is 0.764. The van der Waals surface area contributed by atoms with Gasteiger partial charge in [-0.1, -0.05) is 39.7 Å². The Bertz CT molecular complexity index is 531. The van der Waals surface area contributed by atoms with E-state index >= 15 is 0 Å². The van der Waals surface area contributed by atoms with Crippen molar-refractivity contribution in [3.8, 4) is 11.6 Å². The maximum atomic E-state index is 6.11. The Morgan fingerprint density at radius 3 is 2.88 bits per heavy atom. The number of alkyl halides is 1. The van der Waals surface area contributed by atoms with Crippen LogP contribution in [-0.4, -0.2) is 4.98 Å². The van der Waals surface area contributed by atoms with Crippen molar-refractivity contribution in [2.45, 2.75) is 12.3 Å². The van der Waals surface area contributed by atoms with E-state index in [0.29, 0.717) is 22.0 Å². The molecule has 0 fully saturated rings. The summed E-state index contributed by atoms with van der Waals surface area (Å²) >= 11 is 9.51. The summed E-state index contributed by atoms with van der Waals surface area (Å²) in [6.45, 7) is 1.99. The van der Waals surface area contributed by atoms with Crippen LogP contribution in [-0.2, 0) is 5.33 Å². The van der Waals surface area contributed by atoms with Crippen LogP contribution in [0.3, 0.4) is 0 Å². The maximum absolute atomic E-state index is 6.11. The van der Waals surface area contributed by atoms with Crippen molar-refractivity contribution in [2.24, 2.45) is 0 Å². The molecule has 0 atom stereocenters. The number of aromatic nitrogens is 1. The number of nitrogens with zero attached hydrogens (tertiary/aromatic N) is 1. The first-order valence-corrected chi connectivity index (χ1v) is 6.64. The summed E-state index contributed by atoms with van der Waals surface area (Å²) in [6.07, 6.45) is 1.70. The number of hydrogen-bond acceptors (Lipinski definition) is 2. The minimum Gasteiger partial charge on any atom is -0.437 e. The highest BCUT2D eigenvalue weighted by Crippen LogP contribution is 2.31. The van der Waals surface area contributed by atoms with Crippen LogP contribution in [0.5, 0.6) is 11.6 Å². The molecule has 0 aliphatic carbocycles.